The molecule has 1 aromatic heterocycles. The summed E-state index contributed by atoms with van der Waals surface area (Å²) in [5, 5.41) is 1.72. The number of fused-ring (bicyclic) bond motifs is 2. The van der Waals surface area contributed by atoms with Gasteiger partial charge in [-0.25, -0.2) is 4.98 Å². The van der Waals surface area contributed by atoms with Crippen LogP contribution in [-0.4, -0.2) is 28.9 Å². The molecule has 0 spiro atoms. The van der Waals surface area contributed by atoms with E-state index in [1.54, 1.807) is 11.3 Å². The maximum absolute atomic E-state index is 13.3. The van der Waals surface area contributed by atoms with Crippen LogP contribution in [0.2, 0.25) is 5.02 Å². The molecule has 27 heavy (non-hydrogen) atoms. The van der Waals surface area contributed by atoms with Gasteiger partial charge in [-0.3, -0.25) is 4.79 Å². The molecule has 5 rings (SSSR count). The van der Waals surface area contributed by atoms with Crippen LogP contribution in [0.3, 0.4) is 0 Å². The molecule has 2 aromatic carbocycles. The topological polar surface area (TPSA) is 42.4 Å². The third-order valence-electron chi connectivity index (χ3n) is 5.41. The zero-order valence-electron chi connectivity index (χ0n) is 14.7. The Kier molecular flexibility index (Phi) is 4.29. The molecule has 1 amide bonds. The van der Waals surface area contributed by atoms with Crippen LogP contribution >= 0.6 is 22.9 Å². The van der Waals surface area contributed by atoms with Gasteiger partial charge in [0.1, 0.15) is 17.4 Å². The fraction of sp³-hybridized carbons (Fsp3) is 0.333. The molecule has 6 heteroatoms. The largest absolute Gasteiger partial charge is 0.492 e. The molecule has 4 nitrogen and oxygen atoms in total. The number of thiazole rings is 1. The van der Waals surface area contributed by atoms with E-state index in [2.05, 4.69) is 6.07 Å². The average molecular weight is 399 g/mol. The molecule has 138 valence electrons. The molecule has 3 heterocycles. The molecular formula is C21H19ClN2O2S. The summed E-state index contributed by atoms with van der Waals surface area (Å²) in [6, 6.07) is 13.9. The van der Waals surface area contributed by atoms with Crippen molar-refractivity contribution in [2.24, 2.45) is 5.92 Å². The van der Waals surface area contributed by atoms with E-state index in [0.29, 0.717) is 18.1 Å². The van der Waals surface area contributed by atoms with Crippen molar-refractivity contribution in [3.8, 4) is 5.75 Å². The quantitative estimate of drug-likeness (QED) is 0.618. The Labute approximate surface area is 166 Å². The molecular weight excluding hydrogens is 380 g/mol. The van der Waals surface area contributed by atoms with Gasteiger partial charge in [-0.1, -0.05) is 23.7 Å². The molecule has 3 aromatic rings. The van der Waals surface area contributed by atoms with Gasteiger partial charge in [0, 0.05) is 11.6 Å². The van der Waals surface area contributed by atoms with Crippen LogP contribution < -0.4 is 4.74 Å². The van der Waals surface area contributed by atoms with E-state index in [4.69, 9.17) is 21.3 Å². The Morgan fingerprint density at radius 1 is 1.26 bits per heavy atom. The molecule has 0 unspecified atom stereocenters. The molecule has 1 saturated heterocycles. The smallest absolute Gasteiger partial charge is 0.230 e. The minimum Gasteiger partial charge on any atom is -0.492 e. The first-order chi connectivity index (χ1) is 13.2. The number of carbonyl (C=O) groups is 1. The second-order valence-corrected chi connectivity index (χ2v) is 8.67. The number of rotatable bonds is 2. The van der Waals surface area contributed by atoms with E-state index >= 15 is 0 Å². The minimum atomic E-state index is -0.161. The average Bonchev–Trinajstić information content (AvgIpc) is 3.33. The number of benzene rings is 2. The van der Waals surface area contributed by atoms with Crippen LogP contribution in [0.1, 0.15) is 29.5 Å². The fourth-order valence-electron chi connectivity index (χ4n) is 4.08. The number of ether oxygens (including phenoxy) is 1. The van der Waals surface area contributed by atoms with Crippen molar-refractivity contribution in [3.63, 3.8) is 0 Å². The van der Waals surface area contributed by atoms with Gasteiger partial charge in [-0.15, -0.1) is 11.3 Å². The highest BCUT2D eigenvalue weighted by atomic mass is 35.5. The highest BCUT2D eigenvalue weighted by molar-refractivity contribution is 7.18. The van der Waals surface area contributed by atoms with Gasteiger partial charge in [0.15, 0.2) is 0 Å². The predicted molar refractivity (Wildman–Crippen MR) is 107 cm³/mol. The third-order valence-corrected chi connectivity index (χ3v) is 6.78. The maximum Gasteiger partial charge on any atom is 0.230 e. The molecule has 0 N–H and O–H groups in total. The normalized spacial score (nSPS) is 21.9. The van der Waals surface area contributed by atoms with Crippen molar-refractivity contribution in [2.75, 3.05) is 13.2 Å². The lowest BCUT2D eigenvalue weighted by Crippen LogP contribution is -2.40. The summed E-state index contributed by atoms with van der Waals surface area (Å²) in [5.74, 6) is 0.848. The summed E-state index contributed by atoms with van der Waals surface area (Å²) in [7, 11) is 0. The Bertz CT molecular complexity index is 985. The number of amides is 1. The molecule has 2 atom stereocenters. The van der Waals surface area contributed by atoms with Crippen molar-refractivity contribution < 1.29 is 9.53 Å². The lowest BCUT2D eigenvalue weighted by atomic mass is 9.95. The van der Waals surface area contributed by atoms with Gasteiger partial charge in [0.25, 0.3) is 0 Å². The van der Waals surface area contributed by atoms with E-state index in [9.17, 15) is 4.79 Å². The van der Waals surface area contributed by atoms with Crippen LogP contribution in [0.4, 0.5) is 0 Å². The maximum atomic E-state index is 13.3. The summed E-state index contributed by atoms with van der Waals surface area (Å²) in [4.78, 5) is 20.1. The van der Waals surface area contributed by atoms with E-state index in [0.717, 1.165) is 41.2 Å². The Morgan fingerprint density at radius 3 is 3.04 bits per heavy atom. The molecule has 0 radical (unpaired) electrons. The first-order valence-corrected chi connectivity index (χ1v) is 10.5. The van der Waals surface area contributed by atoms with Gasteiger partial charge >= 0.3 is 0 Å². The molecule has 1 fully saturated rings. The number of likely N-dealkylation sites (tertiary alicyclic amines) is 1. The fourth-order valence-corrected chi connectivity index (χ4v) is 5.39. The van der Waals surface area contributed by atoms with Crippen LogP contribution in [0.15, 0.2) is 42.5 Å². The van der Waals surface area contributed by atoms with Crippen LogP contribution in [0.5, 0.6) is 5.75 Å². The molecule has 2 aliphatic heterocycles. The molecule has 2 aliphatic rings. The van der Waals surface area contributed by atoms with Gasteiger partial charge < -0.3 is 9.64 Å². The molecule has 0 aliphatic carbocycles. The number of para-hydroxylation sites is 1. The van der Waals surface area contributed by atoms with Gasteiger partial charge in [-0.2, -0.15) is 0 Å². The number of hydrogen-bond donors (Lipinski definition) is 0. The second-order valence-electron chi connectivity index (χ2n) is 7.17. The first kappa shape index (κ1) is 17.0. The predicted octanol–water partition coefficient (Wildman–Crippen LogP) is 4.86. The lowest BCUT2D eigenvalue weighted by Gasteiger charge is -2.31. The summed E-state index contributed by atoms with van der Waals surface area (Å²) in [6.45, 7) is 1.22. The Balaban J connectivity index is 1.39. The van der Waals surface area contributed by atoms with Crippen LogP contribution in [-0.2, 0) is 11.2 Å². The van der Waals surface area contributed by atoms with E-state index in [1.807, 2.05) is 41.3 Å². The summed E-state index contributed by atoms with van der Waals surface area (Å²) in [6.07, 6.45) is 2.67. The number of aromatic nitrogens is 1. The Hall–Kier alpha value is -2.11. The zero-order valence-corrected chi connectivity index (χ0v) is 16.3. The standard InChI is InChI=1S/C21H19ClN2O2S/c22-15-7-8-18-13(11-15)10-14(12-26-18)21(25)24-9-3-5-17(24)20-23-16-4-1-2-6-19(16)27-20/h1-2,4,6-8,11,14,17H,3,5,9-10,12H2/t14-,17-/m0/s1. The third kappa shape index (κ3) is 3.09. The van der Waals surface area contributed by atoms with Crippen molar-refractivity contribution in [1.29, 1.82) is 0 Å². The van der Waals surface area contributed by atoms with Crippen LogP contribution in [0.25, 0.3) is 10.2 Å². The minimum absolute atomic E-state index is 0.0793. The summed E-state index contributed by atoms with van der Waals surface area (Å²) >= 11 is 7.81. The van der Waals surface area contributed by atoms with Crippen LogP contribution in [0, 0.1) is 5.92 Å². The van der Waals surface area contributed by atoms with Gasteiger partial charge in [0.05, 0.1) is 22.2 Å². The van der Waals surface area contributed by atoms with Gasteiger partial charge in [0.2, 0.25) is 5.91 Å². The van der Waals surface area contributed by atoms with E-state index < -0.39 is 0 Å². The van der Waals surface area contributed by atoms with Crippen molar-refractivity contribution >= 4 is 39.1 Å². The monoisotopic (exact) mass is 398 g/mol. The lowest BCUT2D eigenvalue weighted by molar-refractivity contribution is -0.137. The molecule has 0 bridgehead atoms. The van der Waals surface area contributed by atoms with Crippen molar-refractivity contribution in [3.05, 3.63) is 58.1 Å². The number of halogens is 1. The highest BCUT2D eigenvalue weighted by Crippen LogP contribution is 2.38. The highest BCUT2D eigenvalue weighted by Gasteiger charge is 2.37. The first-order valence-electron chi connectivity index (χ1n) is 9.26. The summed E-state index contributed by atoms with van der Waals surface area (Å²) < 4.78 is 7.02. The van der Waals surface area contributed by atoms with E-state index in [1.165, 1.54) is 4.70 Å². The second kappa shape index (κ2) is 6.80. The SMILES string of the molecule is O=C([C@@H]1COc2ccc(Cl)cc2C1)N1CCC[C@H]1c1nc2ccccc2s1. The van der Waals surface area contributed by atoms with Crippen molar-refractivity contribution in [2.45, 2.75) is 25.3 Å². The summed E-state index contributed by atoms with van der Waals surface area (Å²) in [5.41, 5.74) is 2.03. The van der Waals surface area contributed by atoms with Crippen molar-refractivity contribution in [1.82, 2.24) is 9.88 Å². The Morgan fingerprint density at radius 2 is 2.15 bits per heavy atom. The number of carbonyl (C=O) groups excluding carboxylic acids is 1. The zero-order chi connectivity index (χ0) is 18.4. The molecule has 0 saturated carbocycles. The van der Waals surface area contributed by atoms with E-state index in [-0.39, 0.29) is 17.9 Å². The number of nitrogens with zero attached hydrogens (tertiary/aromatic N) is 2. The van der Waals surface area contributed by atoms with Gasteiger partial charge in [-0.05, 0) is 55.2 Å². The number of hydrogen-bond acceptors (Lipinski definition) is 4.